The number of carbonyl (C=O) groups is 2. The topological polar surface area (TPSA) is 75.6 Å². The summed E-state index contributed by atoms with van der Waals surface area (Å²) in [4.78, 5) is 22.5. The van der Waals surface area contributed by atoms with Gasteiger partial charge in [0, 0.05) is 5.92 Å². The molecular weight excluding hydrogens is 438 g/mol. The van der Waals surface area contributed by atoms with Crippen molar-refractivity contribution in [2.45, 2.75) is 18.9 Å². The zero-order chi connectivity index (χ0) is 24.6. The highest BCUT2D eigenvalue weighted by Crippen LogP contribution is 2.44. The number of carbonyl (C=O) groups excluding carboxylic acids is 1. The number of amides is 1. The number of carboxylic acid groups (broad SMARTS) is 1. The van der Waals surface area contributed by atoms with E-state index in [0.717, 1.165) is 22.3 Å². The quantitative estimate of drug-likeness (QED) is 0.360. The van der Waals surface area contributed by atoms with Crippen molar-refractivity contribution >= 4 is 12.1 Å². The first-order valence-electron chi connectivity index (χ1n) is 11.5. The lowest BCUT2D eigenvalue weighted by Crippen LogP contribution is -2.39. The van der Waals surface area contributed by atoms with E-state index < -0.39 is 18.1 Å². The van der Waals surface area contributed by atoms with Crippen LogP contribution >= 0.6 is 0 Å². The summed E-state index contributed by atoms with van der Waals surface area (Å²) in [6.45, 7) is 1.57. The Morgan fingerprint density at radius 1 is 0.743 bits per heavy atom. The lowest BCUT2D eigenvalue weighted by molar-refractivity contribution is -0.138. The SMILES string of the molecule is C[C@H](NC(=O)OCC1c2ccccc2-c2ccccc21)C(=O)O.c1ccc(-c2ccccc2)cc1. The first-order chi connectivity index (χ1) is 17.0. The molecule has 0 aliphatic heterocycles. The third kappa shape index (κ3) is 5.76. The van der Waals surface area contributed by atoms with E-state index in [4.69, 9.17) is 9.84 Å². The molecule has 0 saturated carbocycles. The third-order valence-corrected chi connectivity index (χ3v) is 5.93. The van der Waals surface area contributed by atoms with Crippen LogP contribution in [0, 0.1) is 0 Å². The predicted molar refractivity (Wildman–Crippen MR) is 137 cm³/mol. The number of ether oxygens (including phenoxy) is 1. The third-order valence-electron chi connectivity index (χ3n) is 5.93. The van der Waals surface area contributed by atoms with E-state index in [0.29, 0.717) is 0 Å². The van der Waals surface area contributed by atoms with Gasteiger partial charge in [-0.2, -0.15) is 0 Å². The van der Waals surface area contributed by atoms with Gasteiger partial charge in [-0.25, -0.2) is 4.79 Å². The molecule has 1 atom stereocenters. The summed E-state index contributed by atoms with van der Waals surface area (Å²) >= 11 is 0. The number of hydrogen-bond donors (Lipinski definition) is 2. The highest BCUT2D eigenvalue weighted by Gasteiger charge is 2.29. The molecule has 0 unspecified atom stereocenters. The van der Waals surface area contributed by atoms with Gasteiger partial charge in [-0.05, 0) is 40.3 Å². The van der Waals surface area contributed by atoms with Crippen LogP contribution in [0.1, 0.15) is 24.0 Å². The molecule has 4 aromatic rings. The van der Waals surface area contributed by atoms with Crippen LogP contribution in [-0.4, -0.2) is 29.8 Å². The minimum Gasteiger partial charge on any atom is -0.480 e. The molecule has 2 N–H and O–H groups in total. The molecule has 4 aromatic carbocycles. The van der Waals surface area contributed by atoms with Crippen LogP contribution in [0.2, 0.25) is 0 Å². The molecule has 1 aliphatic carbocycles. The summed E-state index contributed by atoms with van der Waals surface area (Å²) in [5.74, 6) is -1.13. The van der Waals surface area contributed by atoms with Gasteiger partial charge in [0.05, 0.1) is 0 Å². The fourth-order valence-corrected chi connectivity index (χ4v) is 4.14. The first-order valence-corrected chi connectivity index (χ1v) is 11.5. The average Bonchev–Trinajstić information content (AvgIpc) is 3.22. The number of benzene rings is 4. The Morgan fingerprint density at radius 2 is 1.17 bits per heavy atom. The minimum absolute atomic E-state index is 0.0340. The van der Waals surface area contributed by atoms with Crippen LogP contribution < -0.4 is 5.32 Å². The molecule has 0 fully saturated rings. The van der Waals surface area contributed by atoms with E-state index in [-0.39, 0.29) is 12.5 Å². The first kappa shape index (κ1) is 23.8. The average molecular weight is 466 g/mol. The van der Waals surface area contributed by atoms with Crippen molar-refractivity contribution in [2.24, 2.45) is 0 Å². The van der Waals surface area contributed by atoms with Gasteiger partial charge < -0.3 is 15.2 Å². The van der Waals surface area contributed by atoms with Gasteiger partial charge in [0.2, 0.25) is 0 Å². The zero-order valence-corrected chi connectivity index (χ0v) is 19.4. The standard InChI is InChI=1S/C18H17NO4.C12H10/c1-11(17(20)21)19-18(22)23-10-16-14-8-4-2-6-12(14)13-7-3-5-9-15(13)16;1-3-7-11(8-4-1)12-9-5-2-6-10-12/h2-9,11,16H,10H2,1H3,(H,19,22)(H,20,21);1-10H/t11-;/m0./s1. The van der Waals surface area contributed by atoms with Crippen LogP contribution in [0.3, 0.4) is 0 Å². The molecule has 176 valence electrons. The Balaban J connectivity index is 0.000000201. The second-order valence-corrected chi connectivity index (χ2v) is 8.26. The Labute approximate surface area is 205 Å². The number of alkyl carbamates (subject to hydrolysis) is 1. The second-order valence-electron chi connectivity index (χ2n) is 8.26. The van der Waals surface area contributed by atoms with Gasteiger partial charge >= 0.3 is 12.1 Å². The monoisotopic (exact) mass is 465 g/mol. The van der Waals surface area contributed by atoms with E-state index in [1.165, 1.54) is 18.1 Å². The number of nitrogens with one attached hydrogen (secondary N) is 1. The predicted octanol–water partition coefficient (Wildman–Crippen LogP) is 6.35. The van der Waals surface area contributed by atoms with Gasteiger partial charge in [-0.15, -0.1) is 0 Å². The number of rotatable bonds is 5. The maximum absolute atomic E-state index is 11.7. The van der Waals surface area contributed by atoms with Crippen LogP contribution in [0.5, 0.6) is 0 Å². The summed E-state index contributed by atoms with van der Waals surface area (Å²) in [6.07, 6.45) is -0.721. The summed E-state index contributed by atoms with van der Waals surface area (Å²) in [6, 6.07) is 35.9. The zero-order valence-electron chi connectivity index (χ0n) is 19.4. The molecular formula is C30H27NO4. The number of fused-ring (bicyclic) bond motifs is 3. The normalized spacial score (nSPS) is 12.4. The van der Waals surface area contributed by atoms with E-state index >= 15 is 0 Å². The smallest absolute Gasteiger partial charge is 0.407 e. The van der Waals surface area contributed by atoms with Crippen LogP contribution in [0.4, 0.5) is 4.79 Å². The Bertz CT molecular complexity index is 1210. The van der Waals surface area contributed by atoms with Crippen molar-refractivity contribution in [3.05, 3.63) is 120 Å². The molecule has 0 bridgehead atoms. The van der Waals surface area contributed by atoms with Gasteiger partial charge in [-0.3, -0.25) is 4.79 Å². The maximum atomic E-state index is 11.7. The molecule has 5 nitrogen and oxygen atoms in total. The van der Waals surface area contributed by atoms with Gasteiger partial charge in [0.1, 0.15) is 12.6 Å². The molecule has 5 heteroatoms. The summed E-state index contributed by atoms with van der Waals surface area (Å²) < 4.78 is 5.25. The lowest BCUT2D eigenvalue weighted by Gasteiger charge is -2.15. The van der Waals surface area contributed by atoms with Crippen molar-refractivity contribution in [1.82, 2.24) is 5.32 Å². The highest BCUT2D eigenvalue weighted by molar-refractivity contribution is 5.80. The second kappa shape index (κ2) is 11.2. The molecule has 5 rings (SSSR count). The summed E-state index contributed by atoms with van der Waals surface area (Å²) in [5.41, 5.74) is 7.09. The fourth-order valence-electron chi connectivity index (χ4n) is 4.14. The Kier molecular flexibility index (Phi) is 7.58. The summed E-state index contributed by atoms with van der Waals surface area (Å²) in [5, 5.41) is 11.1. The maximum Gasteiger partial charge on any atom is 0.407 e. The lowest BCUT2D eigenvalue weighted by atomic mass is 9.98. The molecule has 0 saturated heterocycles. The van der Waals surface area contributed by atoms with Crippen LogP contribution in [-0.2, 0) is 9.53 Å². The number of carboxylic acids is 1. The Morgan fingerprint density at radius 3 is 1.63 bits per heavy atom. The molecule has 0 spiro atoms. The number of aliphatic carboxylic acids is 1. The van der Waals surface area contributed by atoms with Crippen molar-refractivity contribution in [3.8, 4) is 22.3 Å². The van der Waals surface area contributed by atoms with E-state index in [1.807, 2.05) is 48.5 Å². The van der Waals surface area contributed by atoms with Crippen molar-refractivity contribution in [2.75, 3.05) is 6.61 Å². The molecule has 1 aliphatic rings. The highest BCUT2D eigenvalue weighted by atomic mass is 16.5. The molecule has 0 aromatic heterocycles. The van der Waals surface area contributed by atoms with Gasteiger partial charge in [0.25, 0.3) is 0 Å². The van der Waals surface area contributed by atoms with Crippen LogP contribution in [0.15, 0.2) is 109 Å². The van der Waals surface area contributed by atoms with E-state index in [2.05, 4.69) is 66.0 Å². The van der Waals surface area contributed by atoms with Gasteiger partial charge in [-0.1, -0.05) is 109 Å². The molecule has 0 heterocycles. The van der Waals surface area contributed by atoms with Crippen molar-refractivity contribution in [3.63, 3.8) is 0 Å². The van der Waals surface area contributed by atoms with Gasteiger partial charge in [0.15, 0.2) is 0 Å². The van der Waals surface area contributed by atoms with Crippen LogP contribution in [0.25, 0.3) is 22.3 Å². The Hall–Kier alpha value is -4.38. The molecule has 35 heavy (non-hydrogen) atoms. The minimum atomic E-state index is -1.10. The fraction of sp³-hybridized carbons (Fsp3) is 0.133. The molecule has 1 amide bonds. The molecule has 0 radical (unpaired) electrons. The number of hydrogen-bond acceptors (Lipinski definition) is 3. The van der Waals surface area contributed by atoms with Crippen molar-refractivity contribution < 1.29 is 19.4 Å². The van der Waals surface area contributed by atoms with E-state index in [1.54, 1.807) is 0 Å². The van der Waals surface area contributed by atoms with E-state index in [9.17, 15) is 9.59 Å². The van der Waals surface area contributed by atoms with Crippen molar-refractivity contribution in [1.29, 1.82) is 0 Å². The largest absolute Gasteiger partial charge is 0.480 e. The summed E-state index contributed by atoms with van der Waals surface area (Å²) in [7, 11) is 0.